The van der Waals surface area contributed by atoms with Crippen molar-refractivity contribution in [3.63, 3.8) is 0 Å². The van der Waals surface area contributed by atoms with Crippen LogP contribution < -0.4 is 11.0 Å². The Morgan fingerprint density at radius 2 is 2.12 bits per heavy atom. The van der Waals surface area contributed by atoms with E-state index >= 15 is 0 Å². The van der Waals surface area contributed by atoms with Gasteiger partial charge in [-0.1, -0.05) is 19.3 Å². The molecule has 1 aliphatic rings. The fourth-order valence-electron chi connectivity index (χ4n) is 2.93. The maximum atomic E-state index is 12.2. The molecule has 1 saturated carbocycles. The molecule has 0 unspecified atom stereocenters. The topological polar surface area (TPSA) is 109 Å². The summed E-state index contributed by atoms with van der Waals surface area (Å²) in [5, 5.41) is 14.4. The molecule has 25 heavy (non-hydrogen) atoms. The molecule has 138 valence electrons. The van der Waals surface area contributed by atoms with Crippen molar-refractivity contribution in [2.24, 2.45) is 11.0 Å². The molecule has 0 bridgehead atoms. The molecule has 3 N–H and O–H groups in total. The summed E-state index contributed by atoms with van der Waals surface area (Å²) in [6, 6.07) is 0. The van der Waals surface area contributed by atoms with E-state index in [1.165, 1.54) is 11.7 Å². The largest absolute Gasteiger partial charge is 0.494 e. The molecule has 9 heteroatoms. The number of nitrogens with one attached hydrogen (secondary N) is 2. The zero-order valence-electron chi connectivity index (χ0n) is 14.5. The van der Waals surface area contributed by atoms with E-state index in [0.717, 1.165) is 32.1 Å². The Balaban J connectivity index is 2.22. The lowest BCUT2D eigenvalue weighted by molar-refractivity contribution is -0.125. The van der Waals surface area contributed by atoms with E-state index in [1.54, 1.807) is 6.92 Å². The molecule has 1 aromatic heterocycles. The number of ether oxygens (including phenoxy) is 1. The molecule has 0 aliphatic heterocycles. The molecule has 1 fully saturated rings. The first-order chi connectivity index (χ1) is 12.0. The number of carbonyl (C=O) groups is 1. The van der Waals surface area contributed by atoms with Crippen LogP contribution >= 0.6 is 12.2 Å². The average molecular weight is 368 g/mol. The van der Waals surface area contributed by atoms with Gasteiger partial charge in [-0.2, -0.15) is 5.10 Å². The highest BCUT2D eigenvalue weighted by molar-refractivity contribution is 7.71. The number of aromatic amines is 1. The van der Waals surface area contributed by atoms with Crippen LogP contribution in [0.2, 0.25) is 0 Å². The molecule has 1 amide bonds. The highest BCUT2D eigenvalue weighted by atomic mass is 32.1. The number of hydrogen-bond acceptors (Lipinski definition) is 6. The van der Waals surface area contributed by atoms with E-state index in [4.69, 9.17) is 17.0 Å². The van der Waals surface area contributed by atoms with Crippen molar-refractivity contribution in [3.05, 3.63) is 20.7 Å². The maximum Gasteiger partial charge on any atom is 0.264 e. The summed E-state index contributed by atoms with van der Waals surface area (Å²) in [6.45, 7) is 2.16. The van der Waals surface area contributed by atoms with Gasteiger partial charge in [0.25, 0.3) is 5.56 Å². The fraction of sp³-hybridized carbons (Fsp3) is 0.625. The summed E-state index contributed by atoms with van der Waals surface area (Å²) in [6.07, 6.45) is 4.95. The minimum absolute atomic E-state index is 0.0198. The molecule has 1 aromatic rings. The minimum atomic E-state index is -0.552. The van der Waals surface area contributed by atoms with Crippen molar-refractivity contribution in [2.75, 3.05) is 13.7 Å². The number of aromatic hydroxyl groups is 1. The van der Waals surface area contributed by atoms with Crippen LogP contribution in [0.25, 0.3) is 0 Å². The molecule has 1 heterocycles. The van der Waals surface area contributed by atoms with Crippen LogP contribution in [0.5, 0.6) is 5.88 Å². The normalized spacial score (nSPS) is 16.0. The third-order valence-electron chi connectivity index (χ3n) is 4.36. The number of hydrogen-bond donors (Lipinski definition) is 3. The molecule has 2 rings (SSSR count). The lowest BCUT2D eigenvalue weighted by Crippen LogP contribution is -2.30. The van der Waals surface area contributed by atoms with Crippen LogP contribution in [-0.2, 0) is 16.1 Å². The zero-order chi connectivity index (χ0) is 18.4. The molecule has 0 spiro atoms. The van der Waals surface area contributed by atoms with Crippen LogP contribution in [0.4, 0.5) is 0 Å². The van der Waals surface area contributed by atoms with Gasteiger partial charge in [-0.15, -0.1) is 0 Å². The second-order valence-corrected chi connectivity index (χ2v) is 6.50. The van der Waals surface area contributed by atoms with E-state index in [9.17, 15) is 14.7 Å². The van der Waals surface area contributed by atoms with Crippen molar-refractivity contribution >= 4 is 23.8 Å². The quantitative estimate of drug-likeness (QED) is 0.402. The lowest BCUT2D eigenvalue weighted by Gasteiger charge is -2.19. The molecule has 0 saturated heterocycles. The first-order valence-electron chi connectivity index (χ1n) is 8.35. The fourth-order valence-corrected chi connectivity index (χ4v) is 3.20. The van der Waals surface area contributed by atoms with Crippen molar-refractivity contribution in [1.29, 1.82) is 0 Å². The number of H-pyrrole nitrogens is 1. The Hall–Kier alpha value is -2.00. The van der Waals surface area contributed by atoms with Gasteiger partial charge in [-0.3, -0.25) is 19.1 Å². The van der Waals surface area contributed by atoms with Gasteiger partial charge in [0, 0.05) is 13.0 Å². The predicted octanol–water partition coefficient (Wildman–Crippen LogP) is 1.68. The number of hydrazone groups is 1. The zero-order valence-corrected chi connectivity index (χ0v) is 15.3. The SMILES string of the molecule is COCCn1c(O)c(C(C)=NNC(=O)C2CCCCC2)c(=O)[nH]c1=S. The highest BCUT2D eigenvalue weighted by Gasteiger charge is 2.21. The van der Waals surface area contributed by atoms with E-state index in [-0.39, 0.29) is 40.3 Å². The summed E-state index contributed by atoms with van der Waals surface area (Å²) in [4.78, 5) is 26.8. The van der Waals surface area contributed by atoms with Gasteiger partial charge in [-0.05, 0) is 32.0 Å². The van der Waals surface area contributed by atoms with E-state index in [2.05, 4.69) is 15.5 Å². The van der Waals surface area contributed by atoms with Crippen molar-refractivity contribution < 1.29 is 14.6 Å². The molecule has 0 radical (unpaired) electrons. The third-order valence-corrected chi connectivity index (χ3v) is 4.68. The number of aromatic nitrogens is 2. The number of nitrogens with zero attached hydrogens (tertiary/aromatic N) is 2. The van der Waals surface area contributed by atoms with Crippen LogP contribution in [-0.4, -0.2) is 40.0 Å². The van der Waals surface area contributed by atoms with Crippen molar-refractivity contribution in [3.8, 4) is 5.88 Å². The second kappa shape index (κ2) is 8.91. The Bertz CT molecular complexity index is 762. The summed E-state index contributed by atoms with van der Waals surface area (Å²) >= 11 is 5.06. The lowest BCUT2D eigenvalue weighted by atomic mass is 9.89. The molecular weight excluding hydrogens is 344 g/mol. The molecule has 0 aromatic carbocycles. The molecular formula is C16H24N4O4S. The standard InChI is InChI=1S/C16H24N4O4S/c1-10(18-19-13(21)11-6-4-3-5-7-11)12-14(22)17-16(25)20(15(12)23)8-9-24-2/h11,23H,3-9H2,1-2H3,(H,19,21)(H,17,22,25). The number of methoxy groups -OCH3 is 1. The van der Waals surface area contributed by atoms with E-state index in [1.807, 2.05) is 0 Å². The predicted molar refractivity (Wildman–Crippen MR) is 96.4 cm³/mol. The summed E-state index contributed by atoms with van der Waals surface area (Å²) in [5.74, 6) is -0.486. The van der Waals surface area contributed by atoms with E-state index < -0.39 is 5.56 Å². The van der Waals surface area contributed by atoms with Gasteiger partial charge >= 0.3 is 0 Å². The Labute approximate surface area is 150 Å². The van der Waals surface area contributed by atoms with Gasteiger partial charge < -0.3 is 9.84 Å². The van der Waals surface area contributed by atoms with E-state index in [0.29, 0.717) is 6.61 Å². The molecule has 8 nitrogen and oxygen atoms in total. The smallest absolute Gasteiger partial charge is 0.264 e. The average Bonchev–Trinajstić information content (AvgIpc) is 2.60. The van der Waals surface area contributed by atoms with Crippen LogP contribution in [0, 0.1) is 10.7 Å². The number of rotatable bonds is 6. The van der Waals surface area contributed by atoms with Gasteiger partial charge in [0.15, 0.2) is 4.77 Å². The van der Waals surface area contributed by atoms with Gasteiger partial charge in [0.1, 0.15) is 5.56 Å². The summed E-state index contributed by atoms with van der Waals surface area (Å²) in [5.41, 5.74) is 2.15. The van der Waals surface area contributed by atoms with Crippen LogP contribution in [0.3, 0.4) is 0 Å². The van der Waals surface area contributed by atoms with Crippen LogP contribution in [0.15, 0.2) is 9.90 Å². The minimum Gasteiger partial charge on any atom is -0.494 e. The number of amides is 1. The Morgan fingerprint density at radius 1 is 1.44 bits per heavy atom. The first-order valence-corrected chi connectivity index (χ1v) is 8.76. The summed E-state index contributed by atoms with van der Waals surface area (Å²) in [7, 11) is 1.53. The van der Waals surface area contributed by atoms with Crippen molar-refractivity contribution in [2.45, 2.75) is 45.6 Å². The Kier molecular flexibility index (Phi) is 6.89. The highest BCUT2D eigenvalue weighted by Crippen LogP contribution is 2.23. The monoisotopic (exact) mass is 368 g/mol. The van der Waals surface area contributed by atoms with Gasteiger partial charge in [0.05, 0.1) is 18.9 Å². The molecule has 1 aliphatic carbocycles. The van der Waals surface area contributed by atoms with Crippen molar-refractivity contribution in [1.82, 2.24) is 15.0 Å². The third kappa shape index (κ3) is 4.76. The number of carbonyl (C=O) groups excluding carboxylic acids is 1. The Morgan fingerprint density at radius 3 is 2.76 bits per heavy atom. The maximum absolute atomic E-state index is 12.2. The van der Waals surface area contributed by atoms with Gasteiger partial charge in [0.2, 0.25) is 11.8 Å². The summed E-state index contributed by atoms with van der Waals surface area (Å²) < 4.78 is 6.43. The second-order valence-electron chi connectivity index (χ2n) is 6.11. The van der Waals surface area contributed by atoms with Crippen LogP contribution in [0.1, 0.15) is 44.6 Å². The molecule has 0 atom stereocenters. The first kappa shape index (κ1) is 19.3. The van der Waals surface area contributed by atoms with Gasteiger partial charge in [-0.25, -0.2) is 5.43 Å².